The Labute approximate surface area is 105 Å². The van der Waals surface area contributed by atoms with E-state index < -0.39 is 23.5 Å². The summed E-state index contributed by atoms with van der Waals surface area (Å²) in [5, 5.41) is 9.72. The number of benzene rings is 1. The number of hydrogen-bond acceptors (Lipinski definition) is 3. The van der Waals surface area contributed by atoms with Gasteiger partial charge in [0.15, 0.2) is 5.78 Å². The zero-order valence-electron chi connectivity index (χ0n) is 10.4. The first-order valence-electron chi connectivity index (χ1n) is 5.76. The number of ketones is 1. The maximum Gasteiger partial charge on any atom is 0.267 e. The van der Waals surface area contributed by atoms with Gasteiger partial charge in [0.2, 0.25) is 0 Å². The van der Waals surface area contributed by atoms with E-state index in [0.29, 0.717) is 5.56 Å². The molecule has 3 N–H and O–H groups in total. The predicted molar refractivity (Wildman–Crippen MR) is 65.2 cm³/mol. The summed E-state index contributed by atoms with van der Waals surface area (Å²) in [5.41, 5.74) is 5.30. The van der Waals surface area contributed by atoms with Crippen LogP contribution in [0.2, 0.25) is 0 Å². The Bertz CT molecular complexity index is 445. The third-order valence-electron chi connectivity index (χ3n) is 2.74. The Kier molecular flexibility index (Phi) is 4.78. The van der Waals surface area contributed by atoms with Gasteiger partial charge in [-0.1, -0.05) is 13.8 Å². The lowest BCUT2D eigenvalue weighted by molar-refractivity contribution is 0.0981. The van der Waals surface area contributed by atoms with Gasteiger partial charge in [0.1, 0.15) is 5.75 Å². The summed E-state index contributed by atoms with van der Waals surface area (Å²) in [7, 11) is 0. The van der Waals surface area contributed by atoms with Crippen LogP contribution in [-0.2, 0) is 0 Å². The lowest BCUT2D eigenvalue weighted by Gasteiger charge is -2.14. The average Bonchev–Trinajstić information content (AvgIpc) is 2.28. The molecule has 0 saturated heterocycles. The molecular weight excluding hydrogens is 240 g/mol. The summed E-state index contributed by atoms with van der Waals surface area (Å²) in [6.07, 6.45) is -2.79. The zero-order chi connectivity index (χ0) is 13.9. The Morgan fingerprint density at radius 2 is 2.00 bits per heavy atom. The summed E-state index contributed by atoms with van der Waals surface area (Å²) >= 11 is 0. The number of alkyl halides is 2. The molecule has 0 atom stereocenters. The summed E-state index contributed by atoms with van der Waals surface area (Å²) in [5.74, 6) is -1.06. The van der Waals surface area contributed by atoms with Crippen molar-refractivity contribution in [1.82, 2.24) is 0 Å². The standard InChI is InChI=1S/C13H17F2NO2/c1-7(2)8-5-9(11(17)3-4-16)12(18)10(6-8)13(14)15/h5-7,13,18H,3-4,16H2,1-2H3. The molecule has 5 heteroatoms. The number of halogens is 2. The fourth-order valence-electron chi connectivity index (χ4n) is 1.66. The summed E-state index contributed by atoms with van der Waals surface area (Å²) in [6, 6.07) is 2.70. The SMILES string of the molecule is CC(C)c1cc(C(=O)CCN)c(O)c(C(F)F)c1. The lowest BCUT2D eigenvalue weighted by atomic mass is 9.94. The molecule has 1 rings (SSSR count). The monoisotopic (exact) mass is 257 g/mol. The normalized spacial score (nSPS) is 11.3. The van der Waals surface area contributed by atoms with Crippen molar-refractivity contribution in [3.8, 4) is 5.75 Å². The van der Waals surface area contributed by atoms with Crippen molar-refractivity contribution in [2.75, 3.05) is 6.54 Å². The molecular formula is C13H17F2NO2. The van der Waals surface area contributed by atoms with Crippen LogP contribution >= 0.6 is 0 Å². The smallest absolute Gasteiger partial charge is 0.267 e. The quantitative estimate of drug-likeness (QED) is 0.797. The summed E-state index contributed by atoms with van der Waals surface area (Å²) in [6.45, 7) is 3.78. The minimum atomic E-state index is -2.81. The van der Waals surface area contributed by atoms with Crippen LogP contribution in [0.1, 0.15) is 54.1 Å². The largest absolute Gasteiger partial charge is 0.507 e. The molecule has 0 bridgehead atoms. The molecule has 0 saturated carbocycles. The molecule has 3 nitrogen and oxygen atoms in total. The van der Waals surface area contributed by atoms with E-state index in [0.717, 1.165) is 0 Å². The van der Waals surface area contributed by atoms with Gasteiger partial charge in [-0.25, -0.2) is 8.78 Å². The first-order chi connectivity index (χ1) is 8.38. The van der Waals surface area contributed by atoms with Gasteiger partial charge < -0.3 is 10.8 Å². The highest BCUT2D eigenvalue weighted by atomic mass is 19.3. The number of rotatable bonds is 5. The molecule has 0 aliphatic heterocycles. The number of aromatic hydroxyl groups is 1. The van der Waals surface area contributed by atoms with E-state index >= 15 is 0 Å². The second-order valence-electron chi connectivity index (χ2n) is 4.42. The fourth-order valence-corrected chi connectivity index (χ4v) is 1.66. The van der Waals surface area contributed by atoms with E-state index in [4.69, 9.17) is 5.73 Å². The van der Waals surface area contributed by atoms with E-state index in [1.807, 2.05) is 13.8 Å². The molecule has 0 radical (unpaired) electrons. The third-order valence-corrected chi connectivity index (χ3v) is 2.74. The maximum absolute atomic E-state index is 12.8. The van der Waals surface area contributed by atoms with Gasteiger partial charge in [0, 0.05) is 6.42 Å². The molecule has 0 heterocycles. The first kappa shape index (κ1) is 14.6. The van der Waals surface area contributed by atoms with Crippen LogP contribution in [0.25, 0.3) is 0 Å². The number of nitrogens with two attached hydrogens (primary N) is 1. The highest BCUT2D eigenvalue weighted by Gasteiger charge is 2.21. The second kappa shape index (κ2) is 5.91. The summed E-state index contributed by atoms with van der Waals surface area (Å²) in [4.78, 5) is 11.7. The maximum atomic E-state index is 12.8. The zero-order valence-corrected chi connectivity index (χ0v) is 10.4. The molecule has 0 spiro atoms. The van der Waals surface area contributed by atoms with Crippen LogP contribution in [0.4, 0.5) is 8.78 Å². The van der Waals surface area contributed by atoms with E-state index in [1.165, 1.54) is 12.1 Å². The Morgan fingerprint density at radius 3 is 2.44 bits per heavy atom. The van der Waals surface area contributed by atoms with Crippen molar-refractivity contribution in [2.45, 2.75) is 32.6 Å². The van der Waals surface area contributed by atoms with Crippen molar-refractivity contribution < 1.29 is 18.7 Å². The highest BCUT2D eigenvalue weighted by Crippen LogP contribution is 2.35. The Balaban J connectivity index is 3.35. The van der Waals surface area contributed by atoms with E-state index in [2.05, 4.69) is 0 Å². The second-order valence-corrected chi connectivity index (χ2v) is 4.42. The van der Waals surface area contributed by atoms with E-state index in [1.54, 1.807) is 0 Å². The van der Waals surface area contributed by atoms with Gasteiger partial charge in [0.05, 0.1) is 11.1 Å². The molecule has 0 fully saturated rings. The van der Waals surface area contributed by atoms with Crippen LogP contribution in [0.3, 0.4) is 0 Å². The molecule has 1 aromatic rings. The topological polar surface area (TPSA) is 63.3 Å². The Hall–Kier alpha value is -1.49. The van der Waals surface area contributed by atoms with Crippen LogP contribution in [0, 0.1) is 0 Å². The number of hydrogen-bond donors (Lipinski definition) is 2. The third kappa shape index (κ3) is 3.04. The molecule has 1 aromatic carbocycles. The van der Waals surface area contributed by atoms with Gasteiger partial charge >= 0.3 is 0 Å². The number of Topliss-reactive ketones (excluding diaryl/α,β-unsaturated/α-hetero) is 1. The van der Waals surface area contributed by atoms with E-state index in [-0.39, 0.29) is 24.4 Å². The van der Waals surface area contributed by atoms with Gasteiger partial charge in [-0.3, -0.25) is 4.79 Å². The van der Waals surface area contributed by atoms with Crippen LogP contribution in [-0.4, -0.2) is 17.4 Å². The molecule has 18 heavy (non-hydrogen) atoms. The predicted octanol–water partition coefficient (Wildman–Crippen LogP) is 2.98. The van der Waals surface area contributed by atoms with Crippen LogP contribution < -0.4 is 5.73 Å². The van der Waals surface area contributed by atoms with Gasteiger partial charge in [-0.2, -0.15) is 0 Å². The number of carbonyl (C=O) groups is 1. The number of phenolic OH excluding ortho intramolecular Hbond substituents is 1. The van der Waals surface area contributed by atoms with Gasteiger partial charge in [-0.05, 0) is 30.2 Å². The molecule has 0 unspecified atom stereocenters. The molecule has 0 aliphatic rings. The van der Waals surface area contributed by atoms with Crippen molar-refractivity contribution in [1.29, 1.82) is 0 Å². The van der Waals surface area contributed by atoms with E-state index in [9.17, 15) is 18.7 Å². The van der Waals surface area contributed by atoms with Crippen molar-refractivity contribution in [3.63, 3.8) is 0 Å². The molecule has 0 aliphatic carbocycles. The average molecular weight is 257 g/mol. The van der Waals surface area contributed by atoms with Crippen LogP contribution in [0.15, 0.2) is 12.1 Å². The van der Waals surface area contributed by atoms with Gasteiger partial charge in [-0.15, -0.1) is 0 Å². The minimum absolute atomic E-state index is 0.00692. The molecule has 100 valence electrons. The van der Waals surface area contributed by atoms with Crippen molar-refractivity contribution in [3.05, 3.63) is 28.8 Å². The van der Waals surface area contributed by atoms with Gasteiger partial charge in [0.25, 0.3) is 6.43 Å². The first-order valence-corrected chi connectivity index (χ1v) is 5.76. The fraction of sp³-hybridized carbons (Fsp3) is 0.462. The Morgan fingerprint density at radius 1 is 1.39 bits per heavy atom. The molecule has 0 amide bonds. The van der Waals surface area contributed by atoms with Crippen molar-refractivity contribution in [2.24, 2.45) is 5.73 Å². The highest BCUT2D eigenvalue weighted by molar-refractivity contribution is 5.99. The molecule has 0 aromatic heterocycles. The number of phenols is 1. The van der Waals surface area contributed by atoms with Crippen LogP contribution in [0.5, 0.6) is 5.75 Å². The number of carbonyl (C=O) groups excluding carboxylic acids is 1. The van der Waals surface area contributed by atoms with Crippen molar-refractivity contribution >= 4 is 5.78 Å². The minimum Gasteiger partial charge on any atom is -0.507 e. The summed E-state index contributed by atoms with van der Waals surface area (Å²) < 4.78 is 25.6. The lowest BCUT2D eigenvalue weighted by Crippen LogP contribution is -2.10.